The Morgan fingerprint density at radius 2 is 2.04 bits per heavy atom. The molecule has 2 amide bonds. The highest BCUT2D eigenvalue weighted by Gasteiger charge is 2.43. The van der Waals surface area contributed by atoms with Crippen LogP contribution in [-0.4, -0.2) is 59.5 Å². The average Bonchev–Trinajstić information content (AvgIpc) is 3.04. The van der Waals surface area contributed by atoms with Crippen molar-refractivity contribution in [1.82, 2.24) is 14.8 Å². The van der Waals surface area contributed by atoms with Crippen LogP contribution in [0.1, 0.15) is 17.8 Å². The summed E-state index contributed by atoms with van der Waals surface area (Å²) in [5, 5.41) is 2.81. The van der Waals surface area contributed by atoms with Crippen LogP contribution in [0.25, 0.3) is 0 Å². The topological polar surface area (TPSA) is 53.5 Å². The van der Waals surface area contributed by atoms with E-state index in [0.717, 1.165) is 9.91 Å². The first-order valence-electron chi connectivity index (χ1n) is 7.28. The van der Waals surface area contributed by atoms with E-state index in [2.05, 4.69) is 4.98 Å². The minimum atomic E-state index is -4.85. The monoisotopic (exact) mass is 349 g/mol. The molecule has 1 saturated heterocycles. The van der Waals surface area contributed by atoms with Crippen molar-refractivity contribution in [3.63, 3.8) is 0 Å². The minimum absolute atomic E-state index is 0.0327. The van der Waals surface area contributed by atoms with Crippen molar-refractivity contribution in [2.24, 2.45) is 5.92 Å². The number of rotatable bonds is 4. The third kappa shape index (κ3) is 4.66. The van der Waals surface area contributed by atoms with Crippen LogP contribution in [-0.2, 0) is 16.0 Å². The molecule has 1 fully saturated rings. The van der Waals surface area contributed by atoms with E-state index in [1.54, 1.807) is 18.1 Å². The van der Waals surface area contributed by atoms with Gasteiger partial charge in [0.05, 0.1) is 5.01 Å². The van der Waals surface area contributed by atoms with E-state index in [1.807, 2.05) is 5.38 Å². The van der Waals surface area contributed by atoms with Gasteiger partial charge in [0.2, 0.25) is 5.91 Å². The number of piperidine rings is 1. The average molecular weight is 349 g/mol. The highest BCUT2D eigenvalue weighted by molar-refractivity contribution is 7.09. The molecule has 0 N–H and O–H groups in total. The lowest BCUT2D eigenvalue weighted by atomic mass is 9.95. The molecule has 0 unspecified atom stereocenters. The Morgan fingerprint density at radius 1 is 1.39 bits per heavy atom. The number of aromatic nitrogens is 1. The number of amides is 2. The van der Waals surface area contributed by atoms with Gasteiger partial charge in [-0.1, -0.05) is 0 Å². The molecule has 0 aliphatic carbocycles. The lowest BCUT2D eigenvalue weighted by Gasteiger charge is -2.33. The maximum atomic E-state index is 12.4. The molecule has 1 aromatic rings. The van der Waals surface area contributed by atoms with Crippen LogP contribution in [0, 0.1) is 5.92 Å². The van der Waals surface area contributed by atoms with E-state index in [1.165, 1.54) is 11.3 Å². The van der Waals surface area contributed by atoms with Crippen LogP contribution in [0.5, 0.6) is 0 Å². The molecular weight excluding hydrogens is 331 g/mol. The number of halogens is 3. The number of hydrogen-bond donors (Lipinski definition) is 0. The van der Waals surface area contributed by atoms with Crippen LogP contribution >= 0.6 is 11.3 Å². The first-order valence-corrected chi connectivity index (χ1v) is 8.16. The SMILES string of the molecule is CN(CCc1nccs1)C(=O)C1CCN(C(=O)C(F)(F)F)CC1. The Hall–Kier alpha value is -1.64. The second-order valence-corrected chi connectivity index (χ2v) is 6.48. The smallest absolute Gasteiger partial charge is 0.345 e. The maximum Gasteiger partial charge on any atom is 0.471 e. The molecule has 0 atom stereocenters. The summed E-state index contributed by atoms with van der Waals surface area (Å²) in [6.07, 6.45) is -1.95. The van der Waals surface area contributed by atoms with E-state index in [-0.39, 0.29) is 37.8 Å². The molecule has 0 saturated carbocycles. The first kappa shape index (κ1) is 17.7. The van der Waals surface area contributed by atoms with Crippen molar-refractivity contribution in [3.8, 4) is 0 Å². The normalized spacial score (nSPS) is 16.4. The first-order chi connectivity index (χ1) is 10.8. The molecule has 9 heteroatoms. The van der Waals surface area contributed by atoms with Crippen LogP contribution < -0.4 is 0 Å². The molecule has 128 valence electrons. The zero-order valence-corrected chi connectivity index (χ0v) is 13.5. The molecular formula is C14H18F3N3O2S. The van der Waals surface area contributed by atoms with Crippen molar-refractivity contribution in [3.05, 3.63) is 16.6 Å². The fourth-order valence-electron chi connectivity index (χ4n) is 2.57. The van der Waals surface area contributed by atoms with Crippen molar-refractivity contribution >= 4 is 23.2 Å². The van der Waals surface area contributed by atoms with Gasteiger partial charge in [0.15, 0.2) is 0 Å². The van der Waals surface area contributed by atoms with E-state index in [4.69, 9.17) is 0 Å². The maximum absolute atomic E-state index is 12.4. The number of alkyl halides is 3. The lowest BCUT2D eigenvalue weighted by molar-refractivity contribution is -0.187. The zero-order chi connectivity index (χ0) is 17.0. The molecule has 0 bridgehead atoms. The lowest BCUT2D eigenvalue weighted by Crippen LogP contribution is -2.47. The third-order valence-corrected chi connectivity index (χ3v) is 4.73. The number of hydrogen-bond acceptors (Lipinski definition) is 4. The summed E-state index contributed by atoms with van der Waals surface area (Å²) >= 11 is 1.52. The summed E-state index contributed by atoms with van der Waals surface area (Å²) in [4.78, 5) is 30.0. The summed E-state index contributed by atoms with van der Waals surface area (Å²) in [5.41, 5.74) is 0. The van der Waals surface area contributed by atoms with E-state index >= 15 is 0 Å². The van der Waals surface area contributed by atoms with E-state index in [0.29, 0.717) is 13.0 Å². The minimum Gasteiger partial charge on any atom is -0.345 e. The number of likely N-dealkylation sites (tertiary alicyclic amines) is 1. The Morgan fingerprint density at radius 3 is 2.57 bits per heavy atom. The molecule has 2 heterocycles. The molecule has 23 heavy (non-hydrogen) atoms. The molecule has 1 aliphatic rings. The van der Waals surface area contributed by atoms with Gasteiger partial charge in [-0.25, -0.2) is 4.98 Å². The predicted octanol–water partition coefficient (Wildman–Crippen LogP) is 1.94. The number of carbonyl (C=O) groups excluding carboxylic acids is 2. The van der Waals surface area contributed by atoms with Gasteiger partial charge in [-0.05, 0) is 12.8 Å². The van der Waals surface area contributed by atoms with Crippen molar-refractivity contribution in [2.75, 3.05) is 26.7 Å². The van der Waals surface area contributed by atoms with Gasteiger partial charge in [0, 0.05) is 50.6 Å². The van der Waals surface area contributed by atoms with Crippen molar-refractivity contribution in [2.45, 2.75) is 25.4 Å². The third-order valence-electron chi connectivity index (χ3n) is 3.89. The highest BCUT2D eigenvalue weighted by atomic mass is 32.1. The summed E-state index contributed by atoms with van der Waals surface area (Å²) in [6, 6.07) is 0. The Balaban J connectivity index is 1.80. The van der Waals surface area contributed by atoms with Gasteiger partial charge in [-0.15, -0.1) is 11.3 Å². The summed E-state index contributed by atoms with van der Waals surface area (Å²) in [7, 11) is 1.68. The summed E-state index contributed by atoms with van der Waals surface area (Å²) in [5.74, 6) is -2.23. The fraction of sp³-hybridized carbons (Fsp3) is 0.643. The van der Waals surface area contributed by atoms with Crippen LogP contribution in [0.2, 0.25) is 0 Å². The van der Waals surface area contributed by atoms with Crippen LogP contribution in [0.15, 0.2) is 11.6 Å². The number of thiazole rings is 1. The second kappa shape index (κ2) is 7.29. The van der Waals surface area contributed by atoms with E-state index < -0.39 is 12.1 Å². The van der Waals surface area contributed by atoms with Crippen LogP contribution in [0.3, 0.4) is 0 Å². The van der Waals surface area contributed by atoms with Crippen molar-refractivity contribution < 1.29 is 22.8 Å². The highest BCUT2D eigenvalue weighted by Crippen LogP contribution is 2.24. The predicted molar refractivity (Wildman–Crippen MR) is 78.8 cm³/mol. The fourth-order valence-corrected chi connectivity index (χ4v) is 3.18. The molecule has 5 nitrogen and oxygen atoms in total. The van der Waals surface area contributed by atoms with Gasteiger partial charge in [0.1, 0.15) is 0 Å². The Labute approximate surface area is 136 Å². The van der Waals surface area contributed by atoms with Crippen molar-refractivity contribution in [1.29, 1.82) is 0 Å². The standard InChI is InChI=1S/C14H18F3N3O2S/c1-19(6-4-11-18-5-9-23-11)12(21)10-2-7-20(8-3-10)13(22)14(15,16)17/h5,9-10H,2-4,6-8H2,1H3. The number of likely N-dealkylation sites (N-methyl/N-ethyl adjacent to an activating group) is 1. The zero-order valence-electron chi connectivity index (χ0n) is 12.7. The van der Waals surface area contributed by atoms with Gasteiger partial charge in [-0.3, -0.25) is 9.59 Å². The molecule has 1 aromatic heterocycles. The summed E-state index contributed by atoms with van der Waals surface area (Å²) in [6.45, 7) is 0.457. The summed E-state index contributed by atoms with van der Waals surface area (Å²) < 4.78 is 37.1. The largest absolute Gasteiger partial charge is 0.471 e. The molecule has 1 aliphatic heterocycles. The van der Waals surface area contributed by atoms with Crippen LogP contribution in [0.4, 0.5) is 13.2 Å². The molecule has 2 rings (SSSR count). The van der Waals surface area contributed by atoms with Gasteiger partial charge >= 0.3 is 12.1 Å². The Kier molecular flexibility index (Phi) is 5.61. The Bertz CT molecular complexity index is 540. The number of nitrogens with zero attached hydrogens (tertiary/aromatic N) is 3. The van der Waals surface area contributed by atoms with Gasteiger partial charge < -0.3 is 9.80 Å². The van der Waals surface area contributed by atoms with Gasteiger partial charge in [-0.2, -0.15) is 13.2 Å². The molecule has 0 radical (unpaired) electrons. The molecule has 0 spiro atoms. The molecule has 0 aromatic carbocycles. The second-order valence-electron chi connectivity index (χ2n) is 5.50. The number of carbonyl (C=O) groups is 2. The van der Waals surface area contributed by atoms with E-state index in [9.17, 15) is 22.8 Å². The van der Waals surface area contributed by atoms with Gasteiger partial charge in [0.25, 0.3) is 0 Å². The quantitative estimate of drug-likeness (QED) is 0.835.